The predicted octanol–water partition coefficient (Wildman–Crippen LogP) is 0.0410. The van der Waals surface area contributed by atoms with E-state index in [2.05, 4.69) is 18.5 Å². The molecule has 1 aliphatic heterocycles. The molecule has 0 N–H and O–H groups in total. The van der Waals surface area contributed by atoms with E-state index < -0.39 is 11.4 Å². The van der Waals surface area contributed by atoms with Gasteiger partial charge in [-0.2, -0.15) is 0 Å². The summed E-state index contributed by atoms with van der Waals surface area (Å²) < 4.78 is 13.1. The van der Waals surface area contributed by atoms with E-state index in [0.29, 0.717) is 0 Å². The monoisotopic (exact) mass is 174 g/mol. The summed E-state index contributed by atoms with van der Waals surface area (Å²) in [6, 6.07) is 0. The number of likely N-dealkylation sites (N-methyl/N-ethyl adjacent to an activating group) is 1. The molecule has 0 spiro atoms. The maximum atomic E-state index is 11.2. The van der Waals surface area contributed by atoms with Crippen molar-refractivity contribution in [2.45, 2.75) is 0 Å². The maximum absolute atomic E-state index is 11.2. The van der Waals surface area contributed by atoms with Crippen molar-refractivity contribution in [3.63, 3.8) is 0 Å². The van der Waals surface area contributed by atoms with Crippen LogP contribution >= 0.6 is 0 Å². The highest BCUT2D eigenvalue weighted by Crippen LogP contribution is 2.06. The van der Waals surface area contributed by atoms with E-state index in [-0.39, 0.29) is 0 Å². The van der Waals surface area contributed by atoms with Gasteiger partial charge < -0.3 is 9.45 Å². The highest BCUT2D eigenvalue weighted by atomic mass is 32.2. The fraction of sp³-hybridized carbons (Fsp3) is 0.714. The summed E-state index contributed by atoms with van der Waals surface area (Å²) in [5.41, 5.74) is 0. The molecule has 1 saturated heterocycles. The molecule has 1 aliphatic rings. The molecule has 0 saturated carbocycles. The van der Waals surface area contributed by atoms with Gasteiger partial charge in [-0.1, -0.05) is 0 Å². The van der Waals surface area contributed by atoms with Crippen LogP contribution in [0.3, 0.4) is 0 Å². The first-order chi connectivity index (χ1) is 5.24. The Morgan fingerprint density at radius 2 is 1.91 bits per heavy atom. The van der Waals surface area contributed by atoms with Gasteiger partial charge in [-0.3, -0.25) is 0 Å². The Morgan fingerprint density at radius 3 is 2.36 bits per heavy atom. The second-order valence-corrected chi connectivity index (χ2v) is 4.08. The van der Waals surface area contributed by atoms with E-state index >= 15 is 0 Å². The van der Waals surface area contributed by atoms with Gasteiger partial charge in [-0.25, -0.2) is 0 Å². The van der Waals surface area contributed by atoms with Crippen LogP contribution in [-0.2, 0) is 11.4 Å². The van der Waals surface area contributed by atoms with Crippen molar-refractivity contribution in [3.8, 4) is 0 Å². The third-order valence-corrected chi connectivity index (χ3v) is 3.02. The zero-order chi connectivity index (χ0) is 8.27. The van der Waals surface area contributed by atoms with Gasteiger partial charge in [-0.05, 0) is 13.6 Å². The number of nitrogens with zero attached hydrogens (tertiary/aromatic N) is 2. The van der Waals surface area contributed by atoms with Crippen LogP contribution in [0.25, 0.3) is 0 Å². The first-order valence-electron chi connectivity index (χ1n) is 3.71. The molecule has 3 nitrogen and oxygen atoms in total. The van der Waals surface area contributed by atoms with Crippen molar-refractivity contribution >= 4 is 11.4 Å². The van der Waals surface area contributed by atoms with Gasteiger partial charge in [0.25, 0.3) is 0 Å². The van der Waals surface area contributed by atoms with Crippen LogP contribution in [0.15, 0.2) is 12.0 Å². The Morgan fingerprint density at radius 1 is 1.36 bits per heavy atom. The largest absolute Gasteiger partial charge is 0.593 e. The van der Waals surface area contributed by atoms with E-state index in [0.717, 1.165) is 26.2 Å². The molecular formula is C7H14N2OS. The average molecular weight is 174 g/mol. The molecule has 11 heavy (non-hydrogen) atoms. The van der Waals surface area contributed by atoms with Crippen LogP contribution in [0.4, 0.5) is 0 Å². The van der Waals surface area contributed by atoms with Gasteiger partial charge in [0.05, 0.1) is 24.5 Å². The highest BCUT2D eigenvalue weighted by molar-refractivity contribution is 7.92. The fourth-order valence-corrected chi connectivity index (χ4v) is 1.81. The Bertz CT molecular complexity index is 134. The highest BCUT2D eigenvalue weighted by Gasteiger charge is 2.21. The summed E-state index contributed by atoms with van der Waals surface area (Å²) in [5, 5.41) is 1.49. The predicted molar refractivity (Wildman–Crippen MR) is 47.4 cm³/mol. The minimum Gasteiger partial charge on any atom is -0.593 e. The quantitative estimate of drug-likeness (QED) is 0.554. The van der Waals surface area contributed by atoms with Crippen LogP contribution in [0.1, 0.15) is 0 Å². The topological polar surface area (TPSA) is 29.5 Å². The van der Waals surface area contributed by atoms with Crippen LogP contribution in [0, 0.1) is 0 Å². The molecular weight excluding hydrogens is 160 g/mol. The smallest absolute Gasteiger partial charge is 0.131 e. The number of rotatable bonds is 2. The van der Waals surface area contributed by atoms with E-state index in [1.54, 1.807) is 0 Å². The summed E-state index contributed by atoms with van der Waals surface area (Å²) in [4.78, 5) is 2.23. The molecule has 0 aromatic rings. The number of hydrogen-bond acceptors (Lipinski definition) is 3. The zero-order valence-electron chi connectivity index (χ0n) is 6.82. The molecule has 0 radical (unpaired) electrons. The summed E-state index contributed by atoms with van der Waals surface area (Å²) in [6.45, 7) is 7.27. The Kier molecular flexibility index (Phi) is 3.39. The first kappa shape index (κ1) is 9.06. The zero-order valence-corrected chi connectivity index (χ0v) is 7.64. The lowest BCUT2D eigenvalue weighted by atomic mass is 10.4. The molecule has 4 heteroatoms. The number of hydrogen-bond donors (Lipinski definition) is 0. The van der Waals surface area contributed by atoms with Gasteiger partial charge in [-0.15, -0.1) is 4.31 Å². The summed E-state index contributed by atoms with van der Waals surface area (Å²) >= 11 is -0.958. The third-order valence-electron chi connectivity index (χ3n) is 1.86. The van der Waals surface area contributed by atoms with E-state index in [1.165, 1.54) is 5.41 Å². The molecule has 0 aromatic heterocycles. The van der Waals surface area contributed by atoms with Crippen LogP contribution in [-0.4, -0.2) is 47.0 Å². The standard InChI is InChI=1S/C7H14N2OS/c1-3-11(10)9-6-4-8(2)5-7-9/h3H,1,4-7H2,2H3. The van der Waals surface area contributed by atoms with Crippen LogP contribution in [0.5, 0.6) is 0 Å². The molecule has 1 rings (SSSR count). The molecule has 0 bridgehead atoms. The van der Waals surface area contributed by atoms with Gasteiger partial charge in [0.15, 0.2) is 0 Å². The Hall–Kier alpha value is -0.0300. The van der Waals surface area contributed by atoms with Crippen molar-refractivity contribution in [3.05, 3.63) is 12.0 Å². The Labute approximate surface area is 71.0 Å². The van der Waals surface area contributed by atoms with Crippen molar-refractivity contribution < 1.29 is 4.55 Å². The minimum absolute atomic E-state index is 0.884. The van der Waals surface area contributed by atoms with Crippen LogP contribution < -0.4 is 0 Å². The maximum Gasteiger partial charge on any atom is 0.131 e. The lowest BCUT2D eigenvalue weighted by molar-refractivity contribution is 0.224. The van der Waals surface area contributed by atoms with E-state index in [1.807, 2.05) is 4.31 Å². The molecule has 1 heterocycles. The molecule has 1 fully saturated rings. The van der Waals surface area contributed by atoms with Gasteiger partial charge in [0, 0.05) is 13.1 Å². The molecule has 1 atom stereocenters. The van der Waals surface area contributed by atoms with E-state index in [9.17, 15) is 4.55 Å². The summed E-state index contributed by atoms with van der Waals surface area (Å²) in [5.74, 6) is 0. The Balaban J connectivity index is 2.32. The second kappa shape index (κ2) is 4.11. The summed E-state index contributed by atoms with van der Waals surface area (Å²) in [7, 11) is 2.08. The van der Waals surface area contributed by atoms with Gasteiger partial charge >= 0.3 is 0 Å². The molecule has 64 valence electrons. The lowest BCUT2D eigenvalue weighted by Crippen LogP contribution is -2.46. The lowest BCUT2D eigenvalue weighted by Gasteiger charge is -2.30. The van der Waals surface area contributed by atoms with Crippen molar-refractivity contribution in [1.29, 1.82) is 0 Å². The van der Waals surface area contributed by atoms with Gasteiger partial charge in [0.1, 0.15) is 5.41 Å². The molecule has 0 aliphatic carbocycles. The normalized spacial score (nSPS) is 24.9. The van der Waals surface area contributed by atoms with Crippen molar-refractivity contribution in [1.82, 2.24) is 9.21 Å². The average Bonchev–Trinajstić information content (AvgIpc) is 2.05. The molecule has 1 unspecified atom stereocenters. The minimum atomic E-state index is -0.958. The van der Waals surface area contributed by atoms with Crippen molar-refractivity contribution in [2.75, 3.05) is 33.2 Å². The van der Waals surface area contributed by atoms with Crippen LogP contribution in [0.2, 0.25) is 0 Å². The first-order valence-corrected chi connectivity index (χ1v) is 4.88. The van der Waals surface area contributed by atoms with E-state index in [4.69, 9.17) is 0 Å². The van der Waals surface area contributed by atoms with Gasteiger partial charge in [0.2, 0.25) is 0 Å². The second-order valence-electron chi connectivity index (χ2n) is 2.68. The van der Waals surface area contributed by atoms with Crippen molar-refractivity contribution in [2.24, 2.45) is 0 Å². The third kappa shape index (κ3) is 2.48. The summed E-state index contributed by atoms with van der Waals surface area (Å²) in [6.07, 6.45) is 0. The SMILES string of the molecule is C=C[S+]([O-])N1CCN(C)CC1. The fourth-order valence-electron chi connectivity index (χ4n) is 1.07. The molecule has 0 aromatic carbocycles. The molecule has 0 amide bonds. The number of piperazine rings is 1.